The molecule has 11 heteroatoms. The molecule has 0 spiro atoms. The number of hydrogen-bond donors (Lipinski definition) is 3. The van der Waals surface area contributed by atoms with Crippen molar-refractivity contribution in [3.8, 4) is 0 Å². The Bertz CT molecular complexity index is 1050. The maximum Gasteiger partial charge on any atom is 0.287 e. The van der Waals surface area contributed by atoms with E-state index in [4.69, 9.17) is 4.42 Å². The summed E-state index contributed by atoms with van der Waals surface area (Å²) in [6.45, 7) is 0.366. The first-order valence-electron chi connectivity index (χ1n) is 10.3. The molecule has 3 rings (SSSR count). The molecular weight excluding hydrogens is 436 g/mol. The number of nitrogens with one attached hydrogen (secondary N) is 3. The molecule has 1 aromatic heterocycles. The second-order valence-electron chi connectivity index (χ2n) is 7.29. The van der Waals surface area contributed by atoms with E-state index < -0.39 is 27.7 Å². The number of piperidine rings is 1. The van der Waals surface area contributed by atoms with Crippen molar-refractivity contribution in [2.45, 2.75) is 30.7 Å². The molecule has 3 N–H and O–H groups in total. The fourth-order valence-corrected chi connectivity index (χ4v) is 5.04. The zero-order chi connectivity index (χ0) is 23.0. The Hall–Kier alpha value is -3.18. The summed E-state index contributed by atoms with van der Waals surface area (Å²) in [7, 11) is -3.64. The van der Waals surface area contributed by atoms with Crippen LogP contribution in [0.4, 0.5) is 0 Å². The topological polar surface area (TPSA) is 138 Å². The van der Waals surface area contributed by atoms with E-state index >= 15 is 0 Å². The lowest BCUT2D eigenvalue weighted by molar-refractivity contribution is -0.125. The van der Waals surface area contributed by atoms with Gasteiger partial charge in [-0.1, -0.05) is 24.6 Å². The van der Waals surface area contributed by atoms with Crippen LogP contribution in [-0.2, 0) is 26.2 Å². The van der Waals surface area contributed by atoms with Crippen LogP contribution in [0.3, 0.4) is 0 Å². The van der Waals surface area contributed by atoms with Crippen molar-refractivity contribution < 1.29 is 27.2 Å². The highest BCUT2D eigenvalue weighted by Crippen LogP contribution is 2.23. The molecule has 32 heavy (non-hydrogen) atoms. The first-order valence-corrected chi connectivity index (χ1v) is 11.7. The third-order valence-electron chi connectivity index (χ3n) is 4.98. The first-order chi connectivity index (χ1) is 15.4. The van der Waals surface area contributed by atoms with E-state index in [1.807, 2.05) is 0 Å². The van der Waals surface area contributed by atoms with Gasteiger partial charge >= 0.3 is 0 Å². The van der Waals surface area contributed by atoms with E-state index in [1.165, 1.54) is 22.7 Å². The molecule has 2 aromatic rings. The van der Waals surface area contributed by atoms with Crippen LogP contribution in [0.1, 0.15) is 35.4 Å². The van der Waals surface area contributed by atoms with Crippen LogP contribution in [0.15, 0.2) is 52.0 Å². The summed E-state index contributed by atoms with van der Waals surface area (Å²) in [4.78, 5) is 35.8. The van der Waals surface area contributed by atoms with Crippen molar-refractivity contribution in [1.82, 2.24) is 20.3 Å². The molecule has 0 radical (unpaired) electrons. The first kappa shape index (κ1) is 23.5. The van der Waals surface area contributed by atoms with Gasteiger partial charge in [0.25, 0.3) is 5.91 Å². The van der Waals surface area contributed by atoms with Crippen LogP contribution in [0.2, 0.25) is 0 Å². The van der Waals surface area contributed by atoms with Gasteiger partial charge in [-0.25, -0.2) is 8.42 Å². The van der Waals surface area contributed by atoms with E-state index in [0.717, 1.165) is 19.3 Å². The molecule has 0 aliphatic carbocycles. The lowest BCUT2D eigenvalue weighted by atomic mass is 10.2. The number of amides is 3. The maximum atomic E-state index is 13.0. The molecule has 0 saturated carbocycles. The van der Waals surface area contributed by atoms with Gasteiger partial charge in [-0.15, -0.1) is 0 Å². The minimum atomic E-state index is -3.64. The van der Waals surface area contributed by atoms with E-state index in [-0.39, 0.29) is 30.3 Å². The van der Waals surface area contributed by atoms with Gasteiger partial charge < -0.3 is 20.4 Å². The van der Waals surface area contributed by atoms with Crippen LogP contribution in [0, 0.1) is 0 Å². The van der Waals surface area contributed by atoms with Crippen LogP contribution >= 0.6 is 0 Å². The molecule has 2 heterocycles. The van der Waals surface area contributed by atoms with Gasteiger partial charge in [-0.3, -0.25) is 14.4 Å². The van der Waals surface area contributed by atoms with Crippen molar-refractivity contribution >= 4 is 27.7 Å². The Morgan fingerprint density at radius 2 is 1.56 bits per heavy atom. The van der Waals surface area contributed by atoms with Gasteiger partial charge in [0.05, 0.1) is 24.2 Å². The molecule has 1 aromatic carbocycles. The number of hydrogen-bond acceptors (Lipinski definition) is 6. The van der Waals surface area contributed by atoms with Crippen LogP contribution in [0.25, 0.3) is 0 Å². The van der Waals surface area contributed by atoms with Crippen molar-refractivity contribution in [2.24, 2.45) is 0 Å². The Kier molecular flexibility index (Phi) is 8.01. The largest absolute Gasteiger partial charge is 0.459 e. The number of carbonyl (C=O) groups excluding carboxylic acids is 3. The highest BCUT2D eigenvalue weighted by atomic mass is 32.2. The summed E-state index contributed by atoms with van der Waals surface area (Å²) in [6.07, 6.45) is 4.02. The second-order valence-corrected chi connectivity index (χ2v) is 9.19. The van der Waals surface area contributed by atoms with Crippen molar-refractivity contribution in [3.05, 3.63) is 54.0 Å². The molecule has 172 valence electrons. The van der Waals surface area contributed by atoms with Gasteiger partial charge in [-0.05, 0) is 36.6 Å². The van der Waals surface area contributed by atoms with E-state index in [9.17, 15) is 22.8 Å². The van der Waals surface area contributed by atoms with E-state index in [2.05, 4.69) is 16.0 Å². The molecule has 0 unspecified atom stereocenters. The number of nitrogens with zero attached hydrogens (tertiary/aromatic N) is 1. The van der Waals surface area contributed by atoms with Gasteiger partial charge in [0.15, 0.2) is 5.76 Å². The third-order valence-corrected chi connectivity index (χ3v) is 6.98. The third kappa shape index (κ3) is 6.17. The maximum absolute atomic E-state index is 13.0. The van der Waals surface area contributed by atoms with E-state index in [1.54, 1.807) is 24.3 Å². The normalized spacial score (nSPS) is 14.5. The quantitative estimate of drug-likeness (QED) is 0.499. The fourth-order valence-electron chi connectivity index (χ4n) is 3.30. The Morgan fingerprint density at radius 1 is 0.875 bits per heavy atom. The summed E-state index contributed by atoms with van der Waals surface area (Å²) in [5.41, 5.74) is 0.475. The lowest BCUT2D eigenvalue weighted by Crippen LogP contribution is -2.42. The molecule has 1 aliphatic heterocycles. The molecule has 1 aliphatic rings. The Balaban J connectivity index is 1.48. The van der Waals surface area contributed by atoms with Crippen molar-refractivity contribution in [2.75, 3.05) is 26.2 Å². The standard InChI is InChI=1S/C21H26N4O6S/c26-19(14-23-20(27)15-24-21(28)17-8-6-12-31-17)22-13-16-7-2-3-9-18(16)32(29,30)25-10-4-1-5-11-25/h2-3,6-9,12H,1,4-5,10-11,13-15H2,(H,22,26)(H,23,27)(H,24,28). The molecule has 1 saturated heterocycles. The number of furan rings is 1. The fraction of sp³-hybridized carbons (Fsp3) is 0.381. The van der Waals surface area contributed by atoms with E-state index in [0.29, 0.717) is 18.7 Å². The second kappa shape index (κ2) is 10.9. The van der Waals surface area contributed by atoms with Crippen molar-refractivity contribution in [1.29, 1.82) is 0 Å². The molecular formula is C21H26N4O6S. The molecule has 10 nitrogen and oxygen atoms in total. The summed E-state index contributed by atoms with van der Waals surface area (Å²) in [5, 5.41) is 7.38. The number of carbonyl (C=O) groups is 3. The molecule has 0 bridgehead atoms. The smallest absolute Gasteiger partial charge is 0.287 e. The number of benzene rings is 1. The molecule has 1 fully saturated rings. The summed E-state index contributed by atoms with van der Waals surface area (Å²) < 4.78 is 32.4. The predicted octanol–water partition coefficient (Wildman–Crippen LogP) is 0.617. The Morgan fingerprint density at radius 3 is 2.28 bits per heavy atom. The average molecular weight is 463 g/mol. The molecule has 3 amide bonds. The molecule has 0 atom stereocenters. The van der Waals surface area contributed by atoms with Crippen LogP contribution in [-0.4, -0.2) is 56.6 Å². The van der Waals surface area contributed by atoms with Crippen molar-refractivity contribution in [3.63, 3.8) is 0 Å². The number of rotatable bonds is 9. The highest BCUT2D eigenvalue weighted by molar-refractivity contribution is 7.89. The van der Waals surface area contributed by atoms with Gasteiger partial charge in [0.2, 0.25) is 21.8 Å². The summed E-state index contributed by atoms with van der Waals surface area (Å²) in [6, 6.07) is 9.56. The van der Waals surface area contributed by atoms with Crippen LogP contribution in [0.5, 0.6) is 0 Å². The lowest BCUT2D eigenvalue weighted by Gasteiger charge is -2.26. The zero-order valence-corrected chi connectivity index (χ0v) is 18.3. The summed E-state index contributed by atoms with van der Waals surface area (Å²) in [5.74, 6) is -1.50. The highest BCUT2D eigenvalue weighted by Gasteiger charge is 2.27. The van der Waals surface area contributed by atoms with Crippen LogP contribution < -0.4 is 16.0 Å². The number of sulfonamides is 1. The monoisotopic (exact) mass is 462 g/mol. The zero-order valence-electron chi connectivity index (χ0n) is 17.5. The minimum Gasteiger partial charge on any atom is -0.459 e. The predicted molar refractivity (Wildman–Crippen MR) is 115 cm³/mol. The average Bonchev–Trinajstić information content (AvgIpc) is 3.36. The van der Waals surface area contributed by atoms with Gasteiger partial charge in [-0.2, -0.15) is 4.31 Å². The summed E-state index contributed by atoms with van der Waals surface area (Å²) >= 11 is 0. The van der Waals surface area contributed by atoms with Gasteiger partial charge in [0, 0.05) is 19.6 Å². The Labute approximate surface area is 186 Å². The van der Waals surface area contributed by atoms with Gasteiger partial charge in [0.1, 0.15) is 0 Å². The SMILES string of the molecule is O=C(CNC(=O)CNC(=O)c1ccco1)NCc1ccccc1S(=O)(=O)N1CCCCC1. The minimum absolute atomic E-state index is 0.00712.